The largest absolute Gasteiger partial charge is 0.497 e. The molecule has 1 fully saturated rings. The lowest BCUT2D eigenvalue weighted by Gasteiger charge is -2.15. The lowest BCUT2D eigenvalue weighted by molar-refractivity contribution is -0.116. The van der Waals surface area contributed by atoms with E-state index in [0.717, 1.165) is 40.8 Å². The number of aromatic nitrogens is 2. The van der Waals surface area contributed by atoms with Crippen molar-refractivity contribution in [1.82, 2.24) is 9.97 Å². The number of hydrogen-bond acceptors (Lipinski definition) is 7. The zero-order valence-corrected chi connectivity index (χ0v) is 23.2. The van der Waals surface area contributed by atoms with Crippen LogP contribution in [0.15, 0.2) is 66.7 Å². The van der Waals surface area contributed by atoms with Crippen LogP contribution in [0.5, 0.6) is 11.5 Å². The molecule has 3 N–H and O–H groups in total. The molecule has 8 heteroatoms. The number of carbonyl (C=O) groups is 1. The van der Waals surface area contributed by atoms with E-state index in [1.165, 1.54) is 25.7 Å². The maximum Gasteiger partial charge on any atom is 0.224 e. The number of nitrogens with zero attached hydrogens (tertiary/aromatic N) is 2. The molecule has 1 saturated carbocycles. The second-order valence-electron chi connectivity index (χ2n) is 10.3. The molecule has 1 aromatic heterocycles. The number of rotatable bonds is 12. The number of benzene rings is 3. The third kappa shape index (κ3) is 7.20. The maximum atomic E-state index is 12.5. The monoisotopic (exact) mass is 539 g/mol. The number of para-hydroxylation sites is 2. The Morgan fingerprint density at radius 2 is 1.55 bits per heavy atom. The molecule has 1 aliphatic carbocycles. The number of carbonyl (C=O) groups excluding carboxylic acids is 1. The fraction of sp³-hybridized carbons (Fsp3) is 0.344. The zero-order chi connectivity index (χ0) is 27.7. The van der Waals surface area contributed by atoms with Gasteiger partial charge in [-0.1, -0.05) is 49.9 Å². The van der Waals surface area contributed by atoms with Crippen LogP contribution in [0.2, 0.25) is 0 Å². The summed E-state index contributed by atoms with van der Waals surface area (Å²) in [7, 11) is 3.25. The molecule has 40 heavy (non-hydrogen) atoms. The molecule has 4 aromatic rings. The van der Waals surface area contributed by atoms with Crippen LogP contribution < -0.4 is 25.4 Å². The molecule has 0 spiro atoms. The molecule has 0 unspecified atom stereocenters. The molecular weight excluding hydrogens is 502 g/mol. The van der Waals surface area contributed by atoms with Crippen LogP contribution in [-0.2, 0) is 11.2 Å². The van der Waals surface area contributed by atoms with Gasteiger partial charge in [0, 0.05) is 42.5 Å². The third-order valence-electron chi connectivity index (χ3n) is 7.36. The van der Waals surface area contributed by atoms with E-state index >= 15 is 0 Å². The Kier molecular flexibility index (Phi) is 8.96. The molecule has 3 aromatic carbocycles. The molecular formula is C32H37N5O3. The average Bonchev–Trinajstić information content (AvgIpc) is 3.50. The summed E-state index contributed by atoms with van der Waals surface area (Å²) >= 11 is 0. The van der Waals surface area contributed by atoms with Gasteiger partial charge < -0.3 is 25.4 Å². The van der Waals surface area contributed by atoms with E-state index in [1.807, 2.05) is 60.7 Å². The highest BCUT2D eigenvalue weighted by atomic mass is 16.5. The fourth-order valence-electron chi connectivity index (χ4n) is 5.21. The van der Waals surface area contributed by atoms with Crippen molar-refractivity contribution < 1.29 is 14.3 Å². The summed E-state index contributed by atoms with van der Waals surface area (Å²) in [6.07, 6.45) is 7.48. The van der Waals surface area contributed by atoms with E-state index in [-0.39, 0.29) is 5.91 Å². The molecule has 208 valence electrons. The first-order chi connectivity index (χ1) is 19.6. The van der Waals surface area contributed by atoms with E-state index in [1.54, 1.807) is 14.2 Å². The van der Waals surface area contributed by atoms with Crippen LogP contribution in [0.25, 0.3) is 11.0 Å². The van der Waals surface area contributed by atoms with Gasteiger partial charge in [-0.3, -0.25) is 4.79 Å². The normalized spacial score (nSPS) is 13.2. The summed E-state index contributed by atoms with van der Waals surface area (Å²) in [4.78, 5) is 22.2. The third-order valence-corrected chi connectivity index (χ3v) is 7.36. The molecule has 1 aliphatic rings. The first kappa shape index (κ1) is 27.2. The van der Waals surface area contributed by atoms with Crippen molar-refractivity contribution in [3.63, 3.8) is 0 Å². The van der Waals surface area contributed by atoms with Gasteiger partial charge in [0.1, 0.15) is 11.5 Å². The first-order valence-corrected chi connectivity index (χ1v) is 14.0. The lowest BCUT2D eigenvalue weighted by Crippen LogP contribution is -2.13. The first-order valence-electron chi connectivity index (χ1n) is 14.0. The van der Waals surface area contributed by atoms with Gasteiger partial charge in [-0.2, -0.15) is 0 Å². The molecule has 8 nitrogen and oxygen atoms in total. The van der Waals surface area contributed by atoms with Crippen LogP contribution >= 0.6 is 0 Å². The minimum Gasteiger partial charge on any atom is -0.497 e. The van der Waals surface area contributed by atoms with E-state index < -0.39 is 0 Å². The van der Waals surface area contributed by atoms with Gasteiger partial charge in [0.2, 0.25) is 5.91 Å². The predicted molar refractivity (Wildman–Crippen MR) is 161 cm³/mol. The van der Waals surface area contributed by atoms with Gasteiger partial charge in [0.25, 0.3) is 0 Å². The van der Waals surface area contributed by atoms with Crippen LogP contribution in [0, 0.1) is 5.92 Å². The Morgan fingerprint density at radius 1 is 0.850 bits per heavy atom. The summed E-state index contributed by atoms with van der Waals surface area (Å²) in [5, 5.41) is 9.92. The number of nitrogens with one attached hydrogen (secondary N) is 3. The topological polar surface area (TPSA) is 97.4 Å². The molecule has 1 heterocycles. The SMILES string of the molecule is COc1cc(Nc2nc3ccccc3nc2NCCc2cccc(NC(=O)CCC3CCCC3)c2)cc(OC)c1. The molecule has 1 amide bonds. The van der Waals surface area contributed by atoms with E-state index in [9.17, 15) is 4.79 Å². The van der Waals surface area contributed by atoms with Gasteiger partial charge >= 0.3 is 0 Å². The predicted octanol–water partition coefficient (Wildman–Crippen LogP) is 6.95. The summed E-state index contributed by atoms with van der Waals surface area (Å²) in [5.41, 5.74) is 4.35. The van der Waals surface area contributed by atoms with Crippen LogP contribution in [0.1, 0.15) is 44.1 Å². The Labute approximate surface area is 235 Å². The molecule has 0 saturated heterocycles. The molecule has 0 bridgehead atoms. The summed E-state index contributed by atoms with van der Waals surface area (Å²) in [6, 6.07) is 21.4. The van der Waals surface area contributed by atoms with Gasteiger partial charge in [-0.25, -0.2) is 9.97 Å². The maximum absolute atomic E-state index is 12.5. The highest BCUT2D eigenvalue weighted by Gasteiger charge is 2.16. The highest BCUT2D eigenvalue weighted by Crippen LogP contribution is 2.31. The zero-order valence-electron chi connectivity index (χ0n) is 23.2. The van der Waals surface area contributed by atoms with Crippen LogP contribution in [-0.4, -0.2) is 36.6 Å². The summed E-state index contributed by atoms with van der Waals surface area (Å²) in [6.45, 7) is 0.641. The second kappa shape index (κ2) is 13.2. The van der Waals surface area contributed by atoms with Crippen molar-refractivity contribution in [3.05, 3.63) is 72.3 Å². The smallest absolute Gasteiger partial charge is 0.224 e. The van der Waals surface area contributed by atoms with Crippen molar-refractivity contribution in [2.45, 2.75) is 44.9 Å². The fourth-order valence-corrected chi connectivity index (χ4v) is 5.21. The van der Waals surface area contributed by atoms with Crippen LogP contribution in [0.4, 0.5) is 23.0 Å². The Hall–Kier alpha value is -4.33. The number of hydrogen-bond donors (Lipinski definition) is 3. The van der Waals surface area contributed by atoms with E-state index in [4.69, 9.17) is 19.4 Å². The van der Waals surface area contributed by atoms with Crippen molar-refractivity contribution in [2.24, 2.45) is 5.92 Å². The van der Waals surface area contributed by atoms with Crippen molar-refractivity contribution in [3.8, 4) is 11.5 Å². The Balaban J connectivity index is 1.25. The highest BCUT2D eigenvalue weighted by molar-refractivity contribution is 5.90. The number of fused-ring (bicyclic) bond motifs is 1. The number of anilines is 4. The van der Waals surface area contributed by atoms with Crippen molar-refractivity contribution >= 4 is 40.0 Å². The van der Waals surface area contributed by atoms with Gasteiger partial charge in [-0.05, 0) is 48.6 Å². The second-order valence-corrected chi connectivity index (χ2v) is 10.3. The molecule has 0 aliphatic heterocycles. The molecule has 0 atom stereocenters. The Morgan fingerprint density at radius 3 is 2.25 bits per heavy atom. The molecule has 0 radical (unpaired) electrons. The summed E-state index contributed by atoms with van der Waals surface area (Å²) in [5.74, 6) is 3.42. The average molecular weight is 540 g/mol. The Bertz CT molecular complexity index is 1430. The van der Waals surface area contributed by atoms with E-state index in [0.29, 0.717) is 42.0 Å². The quantitative estimate of drug-likeness (QED) is 0.179. The minimum atomic E-state index is 0.0958. The van der Waals surface area contributed by atoms with Gasteiger partial charge in [0.05, 0.1) is 25.3 Å². The van der Waals surface area contributed by atoms with Gasteiger partial charge in [0.15, 0.2) is 11.6 Å². The molecule has 5 rings (SSSR count). The van der Waals surface area contributed by atoms with E-state index in [2.05, 4.69) is 22.0 Å². The van der Waals surface area contributed by atoms with Crippen LogP contribution in [0.3, 0.4) is 0 Å². The minimum absolute atomic E-state index is 0.0958. The lowest BCUT2D eigenvalue weighted by atomic mass is 10.0. The number of ether oxygens (including phenoxy) is 2. The number of methoxy groups -OCH3 is 2. The summed E-state index contributed by atoms with van der Waals surface area (Å²) < 4.78 is 10.8. The standard InChI is InChI=1S/C32H37N5O3/c1-39-26-19-25(20-27(21-26)40-2)35-32-31(36-28-12-5-6-13-29(28)37-32)33-17-16-23-10-7-11-24(18-23)34-30(38)15-14-22-8-3-4-9-22/h5-7,10-13,18-22H,3-4,8-9,14-17H2,1-2H3,(H,33,36)(H,34,38)(H,35,37). The van der Waals surface area contributed by atoms with Crippen molar-refractivity contribution in [1.29, 1.82) is 0 Å². The van der Waals surface area contributed by atoms with Gasteiger partial charge in [-0.15, -0.1) is 0 Å². The van der Waals surface area contributed by atoms with Crippen molar-refractivity contribution in [2.75, 3.05) is 36.7 Å². The number of amides is 1.